The zero-order valence-electron chi connectivity index (χ0n) is 12.9. The number of hydrogen-bond donors (Lipinski definition) is 2. The molecule has 0 spiro atoms. The second kappa shape index (κ2) is 5.52. The summed E-state index contributed by atoms with van der Waals surface area (Å²) in [7, 11) is -3.08. The SMILES string of the molecule is C[C@H]1Sc2ccc(C(=O)N[C@@]3(C)CCS(=O)(=O)C3)cc2NC1=O. The predicted molar refractivity (Wildman–Crippen MR) is 89.5 cm³/mol. The van der Waals surface area contributed by atoms with Crippen molar-refractivity contribution >= 4 is 39.1 Å². The van der Waals surface area contributed by atoms with E-state index >= 15 is 0 Å². The van der Waals surface area contributed by atoms with Gasteiger partial charge in [0.05, 0.1) is 28.0 Å². The first-order chi connectivity index (χ1) is 10.7. The smallest absolute Gasteiger partial charge is 0.251 e. The van der Waals surface area contributed by atoms with E-state index in [1.807, 2.05) is 6.92 Å². The van der Waals surface area contributed by atoms with Crippen molar-refractivity contribution in [2.45, 2.75) is 36.0 Å². The van der Waals surface area contributed by atoms with Gasteiger partial charge < -0.3 is 10.6 Å². The lowest BCUT2D eigenvalue weighted by Gasteiger charge is -2.25. The Morgan fingerprint density at radius 1 is 1.43 bits per heavy atom. The third-order valence-corrected chi connectivity index (χ3v) is 7.17. The molecule has 2 aliphatic heterocycles. The number of amides is 2. The standard InChI is InChI=1S/C15H18N2O4S2/c1-9-13(18)16-11-7-10(3-4-12(11)22-9)14(19)17-15(2)5-6-23(20,21)8-15/h3-4,7,9H,5-6,8H2,1-2H3,(H,16,18)(H,17,19)/t9-,15+/m1/s1. The number of carbonyl (C=O) groups excluding carboxylic acids is 2. The molecule has 1 fully saturated rings. The van der Waals surface area contributed by atoms with E-state index in [2.05, 4.69) is 10.6 Å². The summed E-state index contributed by atoms with van der Waals surface area (Å²) in [5.74, 6) is -0.363. The van der Waals surface area contributed by atoms with E-state index in [0.717, 1.165) is 4.90 Å². The van der Waals surface area contributed by atoms with Crippen LogP contribution in [0, 0.1) is 0 Å². The lowest BCUT2D eigenvalue weighted by Crippen LogP contribution is -2.46. The van der Waals surface area contributed by atoms with Crippen LogP contribution >= 0.6 is 11.8 Å². The normalized spacial score (nSPS) is 28.8. The molecule has 6 nitrogen and oxygen atoms in total. The minimum absolute atomic E-state index is 0.0409. The molecule has 0 unspecified atom stereocenters. The summed E-state index contributed by atoms with van der Waals surface area (Å²) < 4.78 is 23.2. The summed E-state index contributed by atoms with van der Waals surface area (Å²) in [5.41, 5.74) is 0.290. The van der Waals surface area contributed by atoms with Gasteiger partial charge in [-0.1, -0.05) is 0 Å². The van der Waals surface area contributed by atoms with E-state index in [-0.39, 0.29) is 28.6 Å². The molecule has 0 saturated carbocycles. The van der Waals surface area contributed by atoms with E-state index in [4.69, 9.17) is 0 Å². The monoisotopic (exact) mass is 354 g/mol. The zero-order valence-corrected chi connectivity index (χ0v) is 14.5. The van der Waals surface area contributed by atoms with E-state index in [0.29, 0.717) is 17.7 Å². The van der Waals surface area contributed by atoms with Gasteiger partial charge in [-0.15, -0.1) is 11.8 Å². The van der Waals surface area contributed by atoms with Crippen molar-refractivity contribution in [2.24, 2.45) is 0 Å². The molecule has 23 heavy (non-hydrogen) atoms. The summed E-state index contributed by atoms with van der Waals surface area (Å²) in [5, 5.41) is 5.44. The molecule has 0 bridgehead atoms. The van der Waals surface area contributed by atoms with Gasteiger partial charge in [-0.25, -0.2) is 8.42 Å². The second-order valence-corrected chi connectivity index (χ2v) is 9.88. The van der Waals surface area contributed by atoms with Crippen LogP contribution < -0.4 is 10.6 Å². The van der Waals surface area contributed by atoms with Gasteiger partial charge in [0.25, 0.3) is 5.91 Å². The molecule has 0 aromatic heterocycles. The van der Waals surface area contributed by atoms with Gasteiger partial charge in [0.2, 0.25) is 5.91 Å². The van der Waals surface area contributed by atoms with Crippen molar-refractivity contribution in [3.05, 3.63) is 23.8 Å². The fourth-order valence-corrected chi connectivity index (χ4v) is 5.83. The van der Waals surface area contributed by atoms with Crippen LogP contribution in [0.5, 0.6) is 0 Å². The van der Waals surface area contributed by atoms with Crippen molar-refractivity contribution in [2.75, 3.05) is 16.8 Å². The van der Waals surface area contributed by atoms with Crippen molar-refractivity contribution < 1.29 is 18.0 Å². The van der Waals surface area contributed by atoms with Crippen LogP contribution in [0.3, 0.4) is 0 Å². The minimum Gasteiger partial charge on any atom is -0.346 e. The summed E-state index contributed by atoms with van der Waals surface area (Å²) in [4.78, 5) is 25.1. The largest absolute Gasteiger partial charge is 0.346 e. The molecule has 2 atom stereocenters. The van der Waals surface area contributed by atoms with E-state index in [1.54, 1.807) is 25.1 Å². The van der Waals surface area contributed by atoms with Gasteiger partial charge in [0.1, 0.15) is 0 Å². The van der Waals surface area contributed by atoms with Gasteiger partial charge in [-0.3, -0.25) is 9.59 Å². The Kier molecular flexibility index (Phi) is 3.92. The number of benzene rings is 1. The van der Waals surface area contributed by atoms with E-state index in [9.17, 15) is 18.0 Å². The number of sulfone groups is 1. The van der Waals surface area contributed by atoms with Crippen LogP contribution in [0.25, 0.3) is 0 Å². The first-order valence-electron chi connectivity index (χ1n) is 7.32. The number of rotatable bonds is 2. The highest BCUT2D eigenvalue weighted by Gasteiger charge is 2.39. The number of hydrogen-bond acceptors (Lipinski definition) is 5. The molecule has 1 saturated heterocycles. The number of anilines is 1. The first-order valence-corrected chi connectivity index (χ1v) is 10.0. The van der Waals surface area contributed by atoms with Gasteiger partial charge >= 0.3 is 0 Å². The number of thioether (sulfide) groups is 1. The average Bonchev–Trinajstić information content (AvgIpc) is 2.73. The minimum atomic E-state index is -3.08. The quantitative estimate of drug-likeness (QED) is 0.838. The average molecular weight is 354 g/mol. The Bertz CT molecular complexity index is 791. The van der Waals surface area contributed by atoms with Gasteiger partial charge in [0.15, 0.2) is 9.84 Å². The number of carbonyl (C=O) groups is 2. The van der Waals surface area contributed by atoms with Crippen LogP contribution in [0.15, 0.2) is 23.1 Å². The Hall–Kier alpha value is -1.54. The number of fused-ring (bicyclic) bond motifs is 1. The van der Waals surface area contributed by atoms with E-state index < -0.39 is 15.4 Å². The Morgan fingerprint density at radius 2 is 2.17 bits per heavy atom. The van der Waals surface area contributed by atoms with Gasteiger partial charge in [-0.05, 0) is 38.5 Å². The van der Waals surface area contributed by atoms with Crippen LogP contribution in [0.1, 0.15) is 30.6 Å². The van der Waals surface area contributed by atoms with Gasteiger partial charge in [0, 0.05) is 10.5 Å². The van der Waals surface area contributed by atoms with Crippen LogP contribution in [0.2, 0.25) is 0 Å². The highest BCUT2D eigenvalue weighted by Crippen LogP contribution is 2.36. The summed E-state index contributed by atoms with van der Waals surface area (Å²) in [6.45, 7) is 3.57. The number of nitrogens with one attached hydrogen (secondary N) is 2. The van der Waals surface area contributed by atoms with Crippen molar-refractivity contribution in [3.8, 4) is 0 Å². The highest BCUT2D eigenvalue weighted by molar-refractivity contribution is 8.01. The van der Waals surface area contributed by atoms with Gasteiger partial charge in [-0.2, -0.15) is 0 Å². The molecule has 2 heterocycles. The zero-order chi connectivity index (χ0) is 16.8. The Balaban J connectivity index is 1.79. The third kappa shape index (κ3) is 3.37. The molecule has 0 aliphatic carbocycles. The van der Waals surface area contributed by atoms with Crippen molar-refractivity contribution in [3.63, 3.8) is 0 Å². The summed E-state index contributed by atoms with van der Waals surface area (Å²) in [6.07, 6.45) is 0.413. The molecule has 124 valence electrons. The molecule has 2 aliphatic rings. The van der Waals surface area contributed by atoms with Crippen LogP contribution in [-0.4, -0.2) is 42.5 Å². The predicted octanol–water partition coefficient (Wildman–Crippen LogP) is 1.43. The molecule has 0 radical (unpaired) electrons. The molecular weight excluding hydrogens is 336 g/mol. The van der Waals surface area contributed by atoms with Crippen LogP contribution in [0.4, 0.5) is 5.69 Å². The summed E-state index contributed by atoms with van der Waals surface area (Å²) >= 11 is 1.45. The second-order valence-electron chi connectivity index (χ2n) is 6.32. The molecule has 1 aromatic rings. The molecular formula is C15H18N2O4S2. The molecule has 2 N–H and O–H groups in total. The summed E-state index contributed by atoms with van der Waals surface area (Å²) in [6, 6.07) is 5.13. The first kappa shape index (κ1) is 16.3. The lowest BCUT2D eigenvalue weighted by molar-refractivity contribution is -0.115. The maximum absolute atomic E-state index is 12.4. The van der Waals surface area contributed by atoms with E-state index in [1.165, 1.54) is 11.8 Å². The fourth-order valence-electron chi connectivity index (χ4n) is 2.81. The maximum Gasteiger partial charge on any atom is 0.251 e. The topological polar surface area (TPSA) is 92.3 Å². The van der Waals surface area contributed by atoms with Crippen molar-refractivity contribution in [1.29, 1.82) is 0 Å². The Morgan fingerprint density at radius 3 is 2.83 bits per heavy atom. The molecule has 3 rings (SSSR count). The lowest BCUT2D eigenvalue weighted by atomic mass is 10.0. The molecule has 1 aromatic carbocycles. The molecule has 8 heteroatoms. The van der Waals surface area contributed by atoms with Crippen molar-refractivity contribution in [1.82, 2.24) is 5.32 Å². The fraction of sp³-hybridized carbons (Fsp3) is 0.467. The highest BCUT2D eigenvalue weighted by atomic mass is 32.2. The van der Waals surface area contributed by atoms with Crippen LogP contribution in [-0.2, 0) is 14.6 Å². The molecule has 2 amide bonds. The third-order valence-electron chi connectivity index (χ3n) is 4.09. The maximum atomic E-state index is 12.4. The Labute approximate surface area is 139 Å².